The number of rotatable bonds is 3. The lowest BCUT2D eigenvalue weighted by atomic mass is 10.3. The smallest absolute Gasteiger partial charge is 0.232 e. The van der Waals surface area contributed by atoms with Crippen LogP contribution in [0.3, 0.4) is 0 Å². The van der Waals surface area contributed by atoms with Gasteiger partial charge < -0.3 is 10.6 Å². The maximum atomic E-state index is 11.3. The number of anilines is 1. The number of carbonyl (C=O) groups is 1. The molecule has 1 amide bonds. The zero-order chi connectivity index (χ0) is 11.4. The number of thioether (sulfide) groups is 1. The molecule has 5 heteroatoms. The number of halogens is 1. The van der Waals surface area contributed by atoms with Gasteiger partial charge in [-0.2, -0.15) is 0 Å². The van der Waals surface area contributed by atoms with Crippen LogP contribution in [-0.2, 0) is 4.79 Å². The van der Waals surface area contributed by atoms with Crippen molar-refractivity contribution in [2.45, 2.75) is 4.90 Å². The molecule has 82 valence electrons. The van der Waals surface area contributed by atoms with E-state index in [-0.39, 0.29) is 5.91 Å². The maximum Gasteiger partial charge on any atom is 0.232 e. The fraction of sp³-hybridized carbons (Fsp3) is 0.300. The minimum atomic E-state index is 0.0642. The molecule has 0 radical (unpaired) electrons. The summed E-state index contributed by atoms with van der Waals surface area (Å²) in [6, 6.07) is 5.27. The molecule has 1 rings (SSSR count). The van der Waals surface area contributed by atoms with Crippen LogP contribution in [0.25, 0.3) is 0 Å². The summed E-state index contributed by atoms with van der Waals surface area (Å²) in [6.07, 6.45) is 0. The van der Waals surface area contributed by atoms with Crippen LogP contribution in [0.1, 0.15) is 0 Å². The average Bonchev–Trinajstić information content (AvgIpc) is 2.15. The Balaban J connectivity index is 2.62. The monoisotopic (exact) mass is 244 g/mol. The van der Waals surface area contributed by atoms with Crippen LogP contribution >= 0.6 is 23.4 Å². The number of nitrogens with two attached hydrogens (primary N) is 1. The average molecular weight is 245 g/mol. The Morgan fingerprint density at radius 2 is 2.20 bits per heavy atom. The van der Waals surface area contributed by atoms with Crippen LogP contribution in [0.15, 0.2) is 23.1 Å². The lowest BCUT2D eigenvalue weighted by molar-refractivity contribution is -0.125. The highest BCUT2D eigenvalue weighted by Gasteiger charge is 2.06. The largest absolute Gasteiger partial charge is 0.398 e. The van der Waals surface area contributed by atoms with E-state index in [1.54, 1.807) is 31.1 Å². The van der Waals surface area contributed by atoms with Gasteiger partial charge in [-0.1, -0.05) is 11.6 Å². The summed E-state index contributed by atoms with van der Waals surface area (Å²) in [5.41, 5.74) is 6.36. The normalized spacial score (nSPS) is 10.1. The number of hydrogen-bond donors (Lipinski definition) is 1. The van der Waals surface area contributed by atoms with Crippen LogP contribution in [0.5, 0.6) is 0 Å². The number of amides is 1. The standard InChI is InChI=1S/C10H13ClN2OS/c1-13(2)10(14)6-15-9-4-3-7(11)5-8(9)12/h3-5H,6,12H2,1-2H3. The SMILES string of the molecule is CN(C)C(=O)CSc1ccc(Cl)cc1N. The molecule has 0 bridgehead atoms. The maximum absolute atomic E-state index is 11.3. The molecule has 0 saturated heterocycles. The summed E-state index contributed by atoms with van der Waals surface area (Å²) in [4.78, 5) is 13.8. The van der Waals surface area contributed by atoms with E-state index in [0.29, 0.717) is 16.5 Å². The molecule has 0 atom stereocenters. The predicted octanol–water partition coefficient (Wildman–Crippen LogP) is 2.10. The number of carbonyl (C=O) groups excluding carboxylic acids is 1. The van der Waals surface area contributed by atoms with E-state index in [2.05, 4.69) is 0 Å². The molecular weight excluding hydrogens is 232 g/mol. The predicted molar refractivity (Wildman–Crippen MR) is 65.3 cm³/mol. The molecule has 0 aromatic heterocycles. The van der Waals surface area contributed by atoms with Crippen molar-refractivity contribution in [3.8, 4) is 0 Å². The first-order chi connectivity index (χ1) is 7.00. The first kappa shape index (κ1) is 12.2. The fourth-order valence-electron chi connectivity index (χ4n) is 0.919. The molecule has 0 saturated carbocycles. The minimum absolute atomic E-state index is 0.0642. The van der Waals surface area contributed by atoms with Crippen molar-refractivity contribution in [2.24, 2.45) is 0 Å². The van der Waals surface area contributed by atoms with E-state index in [1.807, 2.05) is 6.07 Å². The fourth-order valence-corrected chi connectivity index (χ4v) is 2.03. The Bertz CT molecular complexity index is 368. The molecule has 1 aromatic carbocycles. The van der Waals surface area contributed by atoms with Gasteiger partial charge in [0, 0.05) is 29.7 Å². The molecule has 0 aliphatic rings. The third-order valence-corrected chi connectivity index (χ3v) is 3.13. The zero-order valence-electron chi connectivity index (χ0n) is 8.66. The molecule has 2 N–H and O–H groups in total. The van der Waals surface area contributed by atoms with Crippen LogP contribution in [0.2, 0.25) is 5.02 Å². The molecular formula is C10H13ClN2OS. The van der Waals surface area contributed by atoms with Gasteiger partial charge in [0.05, 0.1) is 5.75 Å². The Morgan fingerprint density at radius 3 is 2.73 bits per heavy atom. The second kappa shape index (κ2) is 5.28. The lowest BCUT2D eigenvalue weighted by Gasteiger charge is -2.10. The summed E-state index contributed by atoms with van der Waals surface area (Å²) in [7, 11) is 3.46. The molecule has 0 spiro atoms. The quantitative estimate of drug-likeness (QED) is 0.654. The number of hydrogen-bond acceptors (Lipinski definition) is 3. The zero-order valence-corrected chi connectivity index (χ0v) is 10.2. The van der Waals surface area contributed by atoms with Crippen molar-refractivity contribution in [2.75, 3.05) is 25.6 Å². The van der Waals surface area contributed by atoms with E-state index in [0.717, 1.165) is 4.90 Å². The van der Waals surface area contributed by atoms with Gasteiger partial charge in [0.15, 0.2) is 0 Å². The molecule has 3 nitrogen and oxygen atoms in total. The van der Waals surface area contributed by atoms with Crippen molar-refractivity contribution >= 4 is 35.0 Å². The van der Waals surface area contributed by atoms with Gasteiger partial charge in [0.25, 0.3) is 0 Å². The van der Waals surface area contributed by atoms with Crippen molar-refractivity contribution in [1.29, 1.82) is 0 Å². The molecule has 1 aromatic rings. The first-order valence-electron chi connectivity index (χ1n) is 4.38. The number of nitrogen functional groups attached to an aromatic ring is 1. The Kier molecular flexibility index (Phi) is 4.29. The van der Waals surface area contributed by atoms with Crippen molar-refractivity contribution in [1.82, 2.24) is 4.90 Å². The summed E-state index contributed by atoms with van der Waals surface area (Å²) < 4.78 is 0. The Hall–Kier alpha value is -0.870. The highest BCUT2D eigenvalue weighted by atomic mass is 35.5. The van der Waals surface area contributed by atoms with Gasteiger partial charge in [0.1, 0.15) is 0 Å². The van der Waals surface area contributed by atoms with Crippen LogP contribution in [0.4, 0.5) is 5.69 Å². The topological polar surface area (TPSA) is 46.3 Å². The van der Waals surface area contributed by atoms with E-state index in [1.165, 1.54) is 11.8 Å². The molecule has 0 heterocycles. The van der Waals surface area contributed by atoms with Gasteiger partial charge in [-0.25, -0.2) is 0 Å². The minimum Gasteiger partial charge on any atom is -0.398 e. The van der Waals surface area contributed by atoms with E-state index >= 15 is 0 Å². The Labute approximate surface area is 98.6 Å². The van der Waals surface area contributed by atoms with Gasteiger partial charge in [-0.15, -0.1) is 11.8 Å². The summed E-state index contributed by atoms with van der Waals surface area (Å²) in [5.74, 6) is 0.452. The van der Waals surface area contributed by atoms with Gasteiger partial charge in [0.2, 0.25) is 5.91 Å². The first-order valence-corrected chi connectivity index (χ1v) is 5.75. The number of benzene rings is 1. The second-order valence-corrected chi connectivity index (χ2v) is 4.71. The number of nitrogens with zero attached hydrogens (tertiary/aromatic N) is 1. The van der Waals surface area contributed by atoms with Gasteiger partial charge in [-0.3, -0.25) is 4.79 Å². The summed E-state index contributed by atoms with van der Waals surface area (Å²) in [5, 5.41) is 0.607. The molecule has 0 fully saturated rings. The van der Waals surface area contributed by atoms with Crippen LogP contribution in [-0.4, -0.2) is 30.7 Å². The van der Waals surface area contributed by atoms with Crippen LogP contribution in [0, 0.1) is 0 Å². The van der Waals surface area contributed by atoms with Crippen molar-refractivity contribution < 1.29 is 4.79 Å². The van der Waals surface area contributed by atoms with Crippen molar-refractivity contribution in [3.05, 3.63) is 23.2 Å². The second-order valence-electron chi connectivity index (χ2n) is 3.26. The summed E-state index contributed by atoms with van der Waals surface area (Å²) >= 11 is 7.18. The third-order valence-electron chi connectivity index (χ3n) is 1.82. The van der Waals surface area contributed by atoms with E-state index < -0.39 is 0 Å². The van der Waals surface area contributed by atoms with E-state index in [4.69, 9.17) is 17.3 Å². The lowest BCUT2D eigenvalue weighted by Crippen LogP contribution is -2.23. The third kappa shape index (κ3) is 3.64. The van der Waals surface area contributed by atoms with Crippen molar-refractivity contribution in [3.63, 3.8) is 0 Å². The molecule has 0 unspecified atom stereocenters. The highest BCUT2D eigenvalue weighted by molar-refractivity contribution is 8.00. The highest BCUT2D eigenvalue weighted by Crippen LogP contribution is 2.27. The van der Waals surface area contributed by atoms with E-state index in [9.17, 15) is 4.79 Å². The summed E-state index contributed by atoms with van der Waals surface area (Å²) in [6.45, 7) is 0. The van der Waals surface area contributed by atoms with Gasteiger partial charge in [-0.05, 0) is 18.2 Å². The van der Waals surface area contributed by atoms with Crippen LogP contribution < -0.4 is 5.73 Å². The molecule has 0 aliphatic heterocycles. The van der Waals surface area contributed by atoms with Gasteiger partial charge >= 0.3 is 0 Å². The molecule has 0 aliphatic carbocycles. The Morgan fingerprint density at radius 1 is 1.53 bits per heavy atom. The molecule has 15 heavy (non-hydrogen) atoms.